The van der Waals surface area contributed by atoms with Gasteiger partial charge in [0, 0.05) is 24.1 Å². The van der Waals surface area contributed by atoms with E-state index in [4.69, 9.17) is 4.74 Å². The van der Waals surface area contributed by atoms with Crippen LogP contribution in [0.25, 0.3) is 0 Å². The Morgan fingerprint density at radius 1 is 1.47 bits per heavy atom. The molecule has 3 nitrogen and oxygen atoms in total. The first-order chi connectivity index (χ1) is 8.16. The van der Waals surface area contributed by atoms with E-state index in [9.17, 15) is 0 Å². The zero-order chi connectivity index (χ0) is 12.3. The summed E-state index contributed by atoms with van der Waals surface area (Å²) in [7, 11) is 0. The predicted octanol–water partition coefficient (Wildman–Crippen LogP) is 2.98. The molecule has 0 saturated carbocycles. The van der Waals surface area contributed by atoms with E-state index in [1.165, 1.54) is 29.8 Å². The number of ether oxygens (including phenoxy) is 1. The number of nitrogens with zero attached hydrogens (tertiary/aromatic N) is 1. The Morgan fingerprint density at radius 3 is 2.88 bits per heavy atom. The van der Waals surface area contributed by atoms with Crippen LogP contribution in [0.4, 0.5) is 0 Å². The lowest BCUT2D eigenvalue weighted by atomic mass is 10.1. The number of nitrogens with one attached hydrogen (secondary N) is 1. The van der Waals surface area contributed by atoms with Crippen molar-refractivity contribution in [3.05, 3.63) is 15.6 Å². The minimum absolute atomic E-state index is 0.325. The van der Waals surface area contributed by atoms with Crippen molar-refractivity contribution in [1.29, 1.82) is 0 Å². The zero-order valence-corrected chi connectivity index (χ0v) is 11.8. The summed E-state index contributed by atoms with van der Waals surface area (Å²) in [4.78, 5) is 5.92. The van der Waals surface area contributed by atoms with Crippen molar-refractivity contribution in [1.82, 2.24) is 10.3 Å². The maximum Gasteiger partial charge on any atom is 0.0900 e. The van der Waals surface area contributed by atoms with Gasteiger partial charge in [0.1, 0.15) is 0 Å². The summed E-state index contributed by atoms with van der Waals surface area (Å²) in [5, 5.41) is 4.69. The molecule has 1 saturated heterocycles. The maximum atomic E-state index is 5.72. The molecule has 0 bridgehead atoms. The van der Waals surface area contributed by atoms with Gasteiger partial charge in [0.15, 0.2) is 0 Å². The minimum Gasteiger partial charge on any atom is -0.377 e. The molecule has 1 fully saturated rings. The van der Waals surface area contributed by atoms with Gasteiger partial charge in [-0.15, -0.1) is 11.3 Å². The van der Waals surface area contributed by atoms with E-state index >= 15 is 0 Å². The molecule has 1 aromatic heterocycles. The Kier molecular flexibility index (Phi) is 4.54. The monoisotopic (exact) mass is 254 g/mol. The van der Waals surface area contributed by atoms with Crippen molar-refractivity contribution in [2.24, 2.45) is 0 Å². The molecule has 17 heavy (non-hydrogen) atoms. The lowest BCUT2D eigenvalue weighted by molar-refractivity contribution is 0.0155. The largest absolute Gasteiger partial charge is 0.377 e. The third-order valence-corrected chi connectivity index (χ3v) is 4.18. The van der Waals surface area contributed by atoms with Crippen LogP contribution in [0.5, 0.6) is 0 Å². The third kappa shape index (κ3) is 3.50. The molecular weight excluding hydrogens is 232 g/mol. The van der Waals surface area contributed by atoms with Gasteiger partial charge in [-0.1, -0.05) is 0 Å². The normalized spacial score (nSPS) is 22.6. The third-order valence-electron chi connectivity index (χ3n) is 3.28. The van der Waals surface area contributed by atoms with Crippen LogP contribution in [0.3, 0.4) is 0 Å². The molecule has 0 radical (unpaired) electrons. The molecule has 2 rings (SSSR count). The average Bonchev–Trinajstić information content (AvgIpc) is 2.67. The summed E-state index contributed by atoms with van der Waals surface area (Å²) in [6.07, 6.45) is 4.10. The molecular formula is C13H22N2OS. The standard InChI is InChI=1S/C13H22N2OS/c1-9(13-10(2)17-11(3)15-13)14-8-12-6-4-5-7-16-12/h9,12,14H,4-8H2,1-3H3. The second-order valence-corrected chi connectivity index (χ2v) is 6.20. The van der Waals surface area contributed by atoms with E-state index in [0.29, 0.717) is 12.1 Å². The first kappa shape index (κ1) is 13.0. The molecule has 4 heteroatoms. The Labute approximate surface area is 108 Å². The van der Waals surface area contributed by atoms with Crippen LogP contribution in [0.1, 0.15) is 47.8 Å². The molecule has 1 aromatic rings. The second-order valence-electron chi connectivity index (χ2n) is 4.79. The molecule has 0 aliphatic carbocycles. The molecule has 0 spiro atoms. The van der Waals surface area contributed by atoms with Gasteiger partial charge in [0.05, 0.1) is 16.8 Å². The quantitative estimate of drug-likeness (QED) is 0.897. The van der Waals surface area contributed by atoms with E-state index in [0.717, 1.165) is 18.2 Å². The number of rotatable bonds is 4. The van der Waals surface area contributed by atoms with E-state index in [1.54, 1.807) is 11.3 Å². The highest BCUT2D eigenvalue weighted by Gasteiger charge is 2.17. The number of aryl methyl sites for hydroxylation is 2. The SMILES string of the molecule is Cc1nc(C(C)NCC2CCCCO2)c(C)s1. The maximum absolute atomic E-state index is 5.72. The molecule has 1 aliphatic heterocycles. The Bertz CT molecular complexity index is 358. The summed E-state index contributed by atoms with van der Waals surface area (Å²) in [6, 6.07) is 0.325. The Morgan fingerprint density at radius 2 is 2.29 bits per heavy atom. The summed E-state index contributed by atoms with van der Waals surface area (Å²) >= 11 is 1.78. The molecule has 0 aromatic carbocycles. The van der Waals surface area contributed by atoms with Gasteiger partial charge >= 0.3 is 0 Å². The van der Waals surface area contributed by atoms with Crippen LogP contribution in [0.2, 0.25) is 0 Å². The van der Waals surface area contributed by atoms with E-state index < -0.39 is 0 Å². The molecule has 0 amide bonds. The van der Waals surface area contributed by atoms with Crippen LogP contribution in [0.15, 0.2) is 0 Å². The fraction of sp³-hybridized carbons (Fsp3) is 0.769. The fourth-order valence-corrected chi connectivity index (χ4v) is 3.23. The number of hydrogen-bond acceptors (Lipinski definition) is 4. The van der Waals surface area contributed by atoms with Gasteiger partial charge in [0.25, 0.3) is 0 Å². The van der Waals surface area contributed by atoms with Crippen molar-refractivity contribution in [2.45, 2.75) is 52.2 Å². The Hall–Kier alpha value is -0.450. The summed E-state index contributed by atoms with van der Waals surface area (Å²) < 4.78 is 5.72. The van der Waals surface area contributed by atoms with Crippen molar-refractivity contribution < 1.29 is 4.74 Å². The van der Waals surface area contributed by atoms with Gasteiger partial charge in [-0.2, -0.15) is 0 Å². The Balaban J connectivity index is 1.84. The van der Waals surface area contributed by atoms with Gasteiger partial charge in [-0.25, -0.2) is 4.98 Å². The average molecular weight is 254 g/mol. The van der Waals surface area contributed by atoms with E-state index in [2.05, 4.69) is 31.1 Å². The number of thiazole rings is 1. The smallest absolute Gasteiger partial charge is 0.0900 e. The van der Waals surface area contributed by atoms with E-state index in [-0.39, 0.29) is 0 Å². The summed E-state index contributed by atoms with van der Waals surface area (Å²) in [6.45, 7) is 8.27. The lowest BCUT2D eigenvalue weighted by Gasteiger charge is -2.24. The van der Waals surface area contributed by atoms with Gasteiger partial charge in [-0.3, -0.25) is 0 Å². The van der Waals surface area contributed by atoms with Crippen LogP contribution >= 0.6 is 11.3 Å². The van der Waals surface area contributed by atoms with Crippen LogP contribution < -0.4 is 5.32 Å². The van der Waals surface area contributed by atoms with Crippen molar-refractivity contribution in [3.8, 4) is 0 Å². The van der Waals surface area contributed by atoms with Crippen LogP contribution in [-0.2, 0) is 4.74 Å². The molecule has 96 valence electrons. The summed E-state index contributed by atoms with van der Waals surface area (Å²) in [5.74, 6) is 0. The minimum atomic E-state index is 0.325. The van der Waals surface area contributed by atoms with E-state index in [1.807, 2.05) is 0 Å². The van der Waals surface area contributed by atoms with Crippen molar-refractivity contribution in [3.63, 3.8) is 0 Å². The van der Waals surface area contributed by atoms with Crippen molar-refractivity contribution >= 4 is 11.3 Å². The van der Waals surface area contributed by atoms with Gasteiger partial charge in [-0.05, 0) is 40.0 Å². The fourth-order valence-electron chi connectivity index (χ4n) is 2.32. The topological polar surface area (TPSA) is 34.2 Å². The highest BCUT2D eigenvalue weighted by molar-refractivity contribution is 7.11. The molecule has 1 N–H and O–H groups in total. The first-order valence-electron chi connectivity index (χ1n) is 6.45. The van der Waals surface area contributed by atoms with Gasteiger partial charge < -0.3 is 10.1 Å². The molecule has 2 atom stereocenters. The summed E-state index contributed by atoms with van der Waals surface area (Å²) in [5.41, 5.74) is 1.20. The molecule has 1 aliphatic rings. The van der Waals surface area contributed by atoms with Crippen molar-refractivity contribution in [2.75, 3.05) is 13.2 Å². The first-order valence-corrected chi connectivity index (χ1v) is 7.27. The zero-order valence-electron chi connectivity index (χ0n) is 11.0. The predicted molar refractivity (Wildman–Crippen MR) is 71.6 cm³/mol. The number of aromatic nitrogens is 1. The molecule has 2 heterocycles. The lowest BCUT2D eigenvalue weighted by Crippen LogP contribution is -2.33. The van der Waals surface area contributed by atoms with Crippen LogP contribution in [-0.4, -0.2) is 24.2 Å². The highest BCUT2D eigenvalue weighted by Crippen LogP contribution is 2.22. The second kappa shape index (κ2) is 5.94. The number of hydrogen-bond donors (Lipinski definition) is 1. The highest BCUT2D eigenvalue weighted by atomic mass is 32.1. The molecule has 2 unspecified atom stereocenters. The van der Waals surface area contributed by atoms with Crippen LogP contribution in [0, 0.1) is 13.8 Å². The van der Waals surface area contributed by atoms with Gasteiger partial charge in [0.2, 0.25) is 0 Å².